The Morgan fingerprint density at radius 2 is 2.25 bits per heavy atom. The molecule has 2 rings (SSSR count). The van der Waals surface area contributed by atoms with Crippen LogP contribution in [-0.4, -0.2) is 24.0 Å². The molecule has 0 saturated carbocycles. The molecule has 1 fully saturated rings. The molecule has 1 unspecified atom stereocenters. The van der Waals surface area contributed by atoms with Gasteiger partial charge in [-0.2, -0.15) is 0 Å². The zero-order valence-corrected chi connectivity index (χ0v) is 12.2. The molecule has 1 aromatic rings. The maximum atomic E-state index is 12.0. The Labute approximate surface area is 121 Å². The predicted molar refractivity (Wildman–Crippen MR) is 80.7 cm³/mol. The Kier molecular flexibility index (Phi) is 5.22. The van der Waals surface area contributed by atoms with Crippen LogP contribution in [0.2, 0.25) is 0 Å². The van der Waals surface area contributed by atoms with Crippen LogP contribution in [0.25, 0.3) is 0 Å². The van der Waals surface area contributed by atoms with Crippen molar-refractivity contribution in [1.29, 1.82) is 0 Å². The van der Waals surface area contributed by atoms with Crippen molar-refractivity contribution in [3.8, 4) is 5.75 Å². The Morgan fingerprint density at radius 3 is 3.00 bits per heavy atom. The van der Waals surface area contributed by atoms with Gasteiger partial charge in [0.2, 0.25) is 5.91 Å². The van der Waals surface area contributed by atoms with Gasteiger partial charge in [0.15, 0.2) is 0 Å². The molecule has 108 valence electrons. The van der Waals surface area contributed by atoms with E-state index in [1.165, 1.54) is 6.08 Å². The molecule has 1 aliphatic rings. The number of carbonyl (C=O) groups is 1. The molecule has 1 aliphatic heterocycles. The summed E-state index contributed by atoms with van der Waals surface area (Å²) in [7, 11) is 0. The van der Waals surface area contributed by atoms with E-state index in [9.17, 15) is 4.79 Å². The van der Waals surface area contributed by atoms with Gasteiger partial charge in [0.1, 0.15) is 5.75 Å². The van der Waals surface area contributed by atoms with Crippen LogP contribution in [0.1, 0.15) is 44.2 Å². The Balaban J connectivity index is 2.27. The van der Waals surface area contributed by atoms with Gasteiger partial charge in [0.25, 0.3) is 0 Å². The van der Waals surface area contributed by atoms with Gasteiger partial charge in [-0.05, 0) is 37.8 Å². The van der Waals surface area contributed by atoms with Gasteiger partial charge < -0.3 is 9.64 Å². The molecule has 0 aromatic heterocycles. The quantitative estimate of drug-likeness (QED) is 0.765. The standard InChI is InChI=1S/C17H23NO2/c1-3-13-20-16-11-6-5-9-14(16)15-10-7-8-12-18(15)17(19)4-2/h4-6,9,11,15H,2-3,7-8,10,12-13H2,1H3. The lowest BCUT2D eigenvalue weighted by Gasteiger charge is -2.36. The highest BCUT2D eigenvalue weighted by atomic mass is 16.5. The molecule has 0 aliphatic carbocycles. The summed E-state index contributed by atoms with van der Waals surface area (Å²) in [5.41, 5.74) is 1.12. The Morgan fingerprint density at radius 1 is 1.45 bits per heavy atom. The number of amides is 1. The molecule has 0 radical (unpaired) electrons. The summed E-state index contributed by atoms with van der Waals surface area (Å²) in [5, 5.41) is 0. The van der Waals surface area contributed by atoms with E-state index >= 15 is 0 Å². The summed E-state index contributed by atoms with van der Waals surface area (Å²) in [6, 6.07) is 8.18. The van der Waals surface area contributed by atoms with Gasteiger partial charge in [-0.25, -0.2) is 0 Å². The molecular weight excluding hydrogens is 250 g/mol. The monoisotopic (exact) mass is 273 g/mol. The summed E-state index contributed by atoms with van der Waals surface area (Å²) < 4.78 is 5.84. The third kappa shape index (κ3) is 3.21. The molecule has 3 heteroatoms. The lowest BCUT2D eigenvalue weighted by Crippen LogP contribution is -2.37. The summed E-state index contributed by atoms with van der Waals surface area (Å²) in [5.74, 6) is 0.920. The Bertz CT molecular complexity index is 470. The number of hydrogen-bond acceptors (Lipinski definition) is 2. The number of likely N-dealkylation sites (tertiary alicyclic amines) is 1. The van der Waals surface area contributed by atoms with Crippen LogP contribution in [0.3, 0.4) is 0 Å². The fraction of sp³-hybridized carbons (Fsp3) is 0.471. The number of nitrogens with zero attached hydrogens (tertiary/aromatic N) is 1. The SMILES string of the molecule is C=CC(=O)N1CCCCC1c1ccccc1OCCC. The second-order valence-corrected chi connectivity index (χ2v) is 5.13. The fourth-order valence-electron chi connectivity index (χ4n) is 2.74. The van der Waals surface area contributed by atoms with Gasteiger partial charge >= 0.3 is 0 Å². The minimum absolute atomic E-state index is 0.0139. The van der Waals surface area contributed by atoms with E-state index in [-0.39, 0.29) is 11.9 Å². The van der Waals surface area contributed by atoms with E-state index in [2.05, 4.69) is 19.6 Å². The highest BCUT2D eigenvalue weighted by molar-refractivity contribution is 5.87. The van der Waals surface area contributed by atoms with E-state index in [0.717, 1.165) is 43.5 Å². The average Bonchev–Trinajstić information content (AvgIpc) is 2.52. The van der Waals surface area contributed by atoms with Crippen molar-refractivity contribution >= 4 is 5.91 Å². The van der Waals surface area contributed by atoms with Crippen LogP contribution in [0.15, 0.2) is 36.9 Å². The highest BCUT2D eigenvalue weighted by Crippen LogP contribution is 2.36. The van der Waals surface area contributed by atoms with Gasteiger partial charge in [-0.1, -0.05) is 31.7 Å². The fourth-order valence-corrected chi connectivity index (χ4v) is 2.74. The van der Waals surface area contributed by atoms with Crippen molar-refractivity contribution in [2.45, 2.75) is 38.6 Å². The molecule has 0 N–H and O–H groups in total. The van der Waals surface area contributed by atoms with Crippen molar-refractivity contribution in [1.82, 2.24) is 4.90 Å². The van der Waals surface area contributed by atoms with Crippen LogP contribution >= 0.6 is 0 Å². The summed E-state index contributed by atoms with van der Waals surface area (Å²) in [6.07, 6.45) is 5.59. The highest BCUT2D eigenvalue weighted by Gasteiger charge is 2.28. The molecule has 0 bridgehead atoms. The van der Waals surface area contributed by atoms with Crippen LogP contribution in [0.4, 0.5) is 0 Å². The van der Waals surface area contributed by atoms with Crippen molar-refractivity contribution in [3.63, 3.8) is 0 Å². The second kappa shape index (κ2) is 7.13. The van der Waals surface area contributed by atoms with Crippen molar-refractivity contribution in [3.05, 3.63) is 42.5 Å². The van der Waals surface area contributed by atoms with Crippen LogP contribution in [0.5, 0.6) is 5.75 Å². The smallest absolute Gasteiger partial charge is 0.246 e. The van der Waals surface area contributed by atoms with E-state index in [1.54, 1.807) is 0 Å². The molecule has 1 heterocycles. The minimum Gasteiger partial charge on any atom is -0.493 e. The molecule has 20 heavy (non-hydrogen) atoms. The van der Waals surface area contributed by atoms with Gasteiger partial charge in [0, 0.05) is 12.1 Å². The maximum absolute atomic E-state index is 12.0. The lowest BCUT2D eigenvalue weighted by molar-refractivity contribution is -0.129. The molecule has 1 aromatic carbocycles. The number of para-hydroxylation sites is 1. The van der Waals surface area contributed by atoms with Gasteiger partial charge in [-0.3, -0.25) is 4.79 Å². The van der Waals surface area contributed by atoms with Crippen LogP contribution < -0.4 is 4.74 Å². The van der Waals surface area contributed by atoms with Crippen molar-refractivity contribution in [2.75, 3.05) is 13.2 Å². The predicted octanol–water partition coefficient (Wildman–Crippen LogP) is 3.72. The molecular formula is C17H23NO2. The lowest BCUT2D eigenvalue weighted by atomic mass is 9.94. The van der Waals surface area contributed by atoms with Crippen LogP contribution in [-0.2, 0) is 4.79 Å². The third-order valence-corrected chi connectivity index (χ3v) is 3.70. The maximum Gasteiger partial charge on any atom is 0.246 e. The second-order valence-electron chi connectivity index (χ2n) is 5.13. The zero-order valence-electron chi connectivity index (χ0n) is 12.2. The van der Waals surface area contributed by atoms with E-state index < -0.39 is 0 Å². The number of carbonyl (C=O) groups excluding carboxylic acids is 1. The largest absolute Gasteiger partial charge is 0.493 e. The first-order chi connectivity index (χ1) is 9.77. The zero-order chi connectivity index (χ0) is 14.4. The number of piperidine rings is 1. The number of ether oxygens (including phenoxy) is 1. The third-order valence-electron chi connectivity index (χ3n) is 3.70. The van der Waals surface area contributed by atoms with E-state index in [1.807, 2.05) is 23.1 Å². The molecule has 1 amide bonds. The molecule has 1 atom stereocenters. The van der Waals surface area contributed by atoms with Crippen molar-refractivity contribution < 1.29 is 9.53 Å². The minimum atomic E-state index is 0.0139. The molecule has 0 spiro atoms. The van der Waals surface area contributed by atoms with Gasteiger partial charge in [0.05, 0.1) is 12.6 Å². The molecule has 1 saturated heterocycles. The van der Waals surface area contributed by atoms with Crippen molar-refractivity contribution in [2.24, 2.45) is 0 Å². The topological polar surface area (TPSA) is 29.5 Å². The first-order valence-electron chi connectivity index (χ1n) is 7.42. The van der Waals surface area contributed by atoms with E-state index in [4.69, 9.17) is 4.74 Å². The van der Waals surface area contributed by atoms with Crippen LogP contribution in [0, 0.1) is 0 Å². The molecule has 3 nitrogen and oxygen atoms in total. The number of hydrogen-bond donors (Lipinski definition) is 0. The van der Waals surface area contributed by atoms with Gasteiger partial charge in [-0.15, -0.1) is 0 Å². The summed E-state index contributed by atoms with van der Waals surface area (Å²) in [4.78, 5) is 14.0. The first kappa shape index (κ1) is 14.6. The van der Waals surface area contributed by atoms with E-state index in [0.29, 0.717) is 6.61 Å². The average molecular weight is 273 g/mol. The first-order valence-corrected chi connectivity index (χ1v) is 7.42. The number of benzene rings is 1. The summed E-state index contributed by atoms with van der Waals surface area (Å²) in [6.45, 7) is 7.22. The summed E-state index contributed by atoms with van der Waals surface area (Å²) >= 11 is 0. The Hall–Kier alpha value is -1.77. The number of rotatable bonds is 5. The normalized spacial score (nSPS) is 18.6.